The van der Waals surface area contributed by atoms with E-state index in [1.165, 1.54) is 6.26 Å². The first-order valence-corrected chi connectivity index (χ1v) is 9.49. The van der Waals surface area contributed by atoms with E-state index in [9.17, 15) is 13.5 Å². The smallest absolute Gasteiger partial charge is 0.150 e. The van der Waals surface area contributed by atoms with Crippen LogP contribution in [0.15, 0.2) is 24.3 Å². The predicted octanol–water partition coefficient (Wildman–Crippen LogP) is 2.86. The Morgan fingerprint density at radius 3 is 2.71 bits per heavy atom. The molecule has 4 nitrogen and oxygen atoms in total. The Kier molecular flexibility index (Phi) is 5.27. The summed E-state index contributed by atoms with van der Waals surface area (Å²) in [6, 6.07) is 7.46. The molecular formula is C16H24O4S. The van der Waals surface area contributed by atoms with Crippen molar-refractivity contribution in [2.24, 2.45) is 0 Å². The minimum Gasteiger partial charge on any atom is -0.490 e. The zero-order chi connectivity index (χ0) is 15.5. The van der Waals surface area contributed by atoms with Crippen molar-refractivity contribution in [3.05, 3.63) is 29.8 Å². The fourth-order valence-electron chi connectivity index (χ4n) is 2.86. The molecule has 1 N–H and O–H groups in total. The van der Waals surface area contributed by atoms with Crippen molar-refractivity contribution in [1.29, 1.82) is 0 Å². The maximum atomic E-state index is 11.7. The lowest BCUT2D eigenvalue weighted by molar-refractivity contribution is 0.136. The van der Waals surface area contributed by atoms with Gasteiger partial charge in [-0.25, -0.2) is 8.42 Å². The van der Waals surface area contributed by atoms with Crippen LogP contribution >= 0.6 is 0 Å². The van der Waals surface area contributed by atoms with E-state index < -0.39 is 15.9 Å². The number of sulfone groups is 1. The summed E-state index contributed by atoms with van der Waals surface area (Å²) in [5, 5.41) is 9.74. The van der Waals surface area contributed by atoms with Crippen LogP contribution in [0, 0.1) is 0 Å². The van der Waals surface area contributed by atoms with Crippen molar-refractivity contribution in [3.8, 4) is 5.75 Å². The molecule has 21 heavy (non-hydrogen) atoms. The van der Waals surface area contributed by atoms with Crippen molar-refractivity contribution in [1.82, 2.24) is 0 Å². The molecule has 0 spiro atoms. The normalized spacial score (nSPS) is 24.5. The molecule has 0 amide bonds. The molecule has 1 aromatic rings. The molecule has 0 saturated heterocycles. The Morgan fingerprint density at radius 1 is 1.33 bits per heavy atom. The molecule has 3 atom stereocenters. The van der Waals surface area contributed by atoms with Crippen molar-refractivity contribution in [3.63, 3.8) is 0 Å². The summed E-state index contributed by atoms with van der Waals surface area (Å²) in [5.74, 6) is 0.672. The average molecular weight is 312 g/mol. The molecule has 5 heteroatoms. The van der Waals surface area contributed by atoms with Gasteiger partial charge < -0.3 is 9.84 Å². The molecule has 0 aliphatic heterocycles. The third-order valence-electron chi connectivity index (χ3n) is 4.14. The molecule has 2 rings (SSSR count). The van der Waals surface area contributed by atoms with E-state index in [2.05, 4.69) is 0 Å². The van der Waals surface area contributed by atoms with Crippen LogP contribution in [0.1, 0.15) is 50.7 Å². The summed E-state index contributed by atoms with van der Waals surface area (Å²) in [5.41, 5.74) is 0.779. The van der Waals surface area contributed by atoms with Gasteiger partial charge in [0.25, 0.3) is 0 Å². The third kappa shape index (κ3) is 4.20. The highest BCUT2D eigenvalue weighted by Gasteiger charge is 2.30. The molecular weight excluding hydrogens is 288 g/mol. The molecule has 2 unspecified atom stereocenters. The highest BCUT2D eigenvalue weighted by Crippen LogP contribution is 2.32. The number of hydrogen-bond donors (Lipinski definition) is 1. The van der Waals surface area contributed by atoms with E-state index in [1.54, 1.807) is 0 Å². The van der Waals surface area contributed by atoms with Crippen molar-refractivity contribution in [2.45, 2.75) is 56.5 Å². The van der Waals surface area contributed by atoms with Gasteiger partial charge in [0.1, 0.15) is 15.6 Å². The maximum Gasteiger partial charge on any atom is 0.150 e. The first kappa shape index (κ1) is 16.3. The van der Waals surface area contributed by atoms with E-state index in [-0.39, 0.29) is 11.4 Å². The maximum absolute atomic E-state index is 11.7. The second-order valence-electron chi connectivity index (χ2n) is 5.82. The molecule has 1 fully saturated rings. The number of benzene rings is 1. The van der Waals surface area contributed by atoms with Crippen LogP contribution in [0.5, 0.6) is 5.75 Å². The Labute approximate surface area is 127 Å². The summed E-state index contributed by atoms with van der Waals surface area (Å²) in [6.07, 6.45) is 4.27. The molecule has 118 valence electrons. The average Bonchev–Trinajstić information content (AvgIpc) is 2.46. The van der Waals surface area contributed by atoms with E-state index in [4.69, 9.17) is 4.74 Å². The zero-order valence-electron chi connectivity index (χ0n) is 12.7. The highest BCUT2D eigenvalue weighted by molar-refractivity contribution is 7.91. The van der Waals surface area contributed by atoms with Gasteiger partial charge in [-0.15, -0.1) is 0 Å². The summed E-state index contributed by atoms with van der Waals surface area (Å²) >= 11 is 0. The van der Waals surface area contributed by atoms with E-state index in [0.717, 1.165) is 24.8 Å². The molecule has 0 radical (unpaired) electrons. The molecule has 0 heterocycles. The van der Waals surface area contributed by atoms with Gasteiger partial charge in [0.05, 0.1) is 17.5 Å². The van der Waals surface area contributed by atoms with Crippen LogP contribution in [0.3, 0.4) is 0 Å². The monoisotopic (exact) mass is 312 g/mol. The number of aliphatic hydroxyl groups excluding tert-OH is 1. The van der Waals surface area contributed by atoms with Gasteiger partial charge >= 0.3 is 0 Å². The lowest BCUT2D eigenvalue weighted by Gasteiger charge is -2.29. The third-order valence-corrected chi connectivity index (χ3v) is 5.78. The summed E-state index contributed by atoms with van der Waals surface area (Å²) < 4.78 is 29.4. The van der Waals surface area contributed by atoms with E-state index in [0.29, 0.717) is 18.6 Å². The van der Waals surface area contributed by atoms with Gasteiger partial charge in [-0.05, 0) is 31.7 Å². The van der Waals surface area contributed by atoms with Crippen LogP contribution < -0.4 is 4.74 Å². The quantitative estimate of drug-likeness (QED) is 0.908. The van der Waals surface area contributed by atoms with Crippen LogP contribution in [0.25, 0.3) is 0 Å². The number of aliphatic hydroxyl groups is 1. The summed E-state index contributed by atoms with van der Waals surface area (Å²) in [7, 11) is -3.01. The first-order chi connectivity index (χ1) is 9.91. The standard InChI is InChI=1S/C16H24O4S/c1-3-15(17)14-9-4-5-10-16(14)20-12-7-6-8-13(11-12)21(2,18)19/h4-5,9-10,12-13,15,17H,3,6-8,11H2,1-2H3/t12?,13?,15-/m1/s1. The van der Waals surface area contributed by atoms with Crippen LogP contribution in [-0.2, 0) is 9.84 Å². The molecule has 1 aromatic carbocycles. The lowest BCUT2D eigenvalue weighted by atomic mass is 9.97. The predicted molar refractivity (Wildman–Crippen MR) is 83.2 cm³/mol. The second-order valence-corrected chi connectivity index (χ2v) is 8.15. The topological polar surface area (TPSA) is 63.6 Å². The molecule has 1 saturated carbocycles. The Hall–Kier alpha value is -1.07. The van der Waals surface area contributed by atoms with Gasteiger partial charge in [0, 0.05) is 18.2 Å². The number of ether oxygens (including phenoxy) is 1. The molecule has 0 bridgehead atoms. The largest absolute Gasteiger partial charge is 0.490 e. The van der Waals surface area contributed by atoms with Crippen molar-refractivity contribution >= 4 is 9.84 Å². The summed E-state index contributed by atoms with van der Waals surface area (Å²) in [4.78, 5) is 0. The first-order valence-electron chi connectivity index (χ1n) is 7.54. The Bertz CT molecular complexity index is 567. The Morgan fingerprint density at radius 2 is 2.05 bits per heavy atom. The van der Waals surface area contributed by atoms with Crippen LogP contribution in [-0.4, -0.2) is 31.1 Å². The molecule has 1 aliphatic carbocycles. The highest BCUT2D eigenvalue weighted by atomic mass is 32.2. The lowest BCUT2D eigenvalue weighted by Crippen LogP contribution is -2.33. The molecule has 1 aliphatic rings. The van der Waals surface area contributed by atoms with Gasteiger partial charge in [-0.1, -0.05) is 25.1 Å². The second kappa shape index (κ2) is 6.79. The number of para-hydroxylation sites is 1. The van der Waals surface area contributed by atoms with Crippen molar-refractivity contribution < 1.29 is 18.3 Å². The Balaban J connectivity index is 2.11. The SMILES string of the molecule is CC[C@@H](O)c1ccccc1OC1CCCC(S(C)(=O)=O)C1. The minimum absolute atomic E-state index is 0.0938. The van der Waals surface area contributed by atoms with E-state index >= 15 is 0 Å². The fraction of sp³-hybridized carbons (Fsp3) is 0.625. The summed E-state index contributed by atoms with van der Waals surface area (Å²) in [6.45, 7) is 1.92. The number of hydrogen-bond acceptors (Lipinski definition) is 4. The van der Waals surface area contributed by atoms with Crippen LogP contribution in [0.2, 0.25) is 0 Å². The van der Waals surface area contributed by atoms with Gasteiger partial charge in [-0.2, -0.15) is 0 Å². The van der Waals surface area contributed by atoms with Crippen molar-refractivity contribution in [2.75, 3.05) is 6.26 Å². The van der Waals surface area contributed by atoms with Gasteiger partial charge in [0.15, 0.2) is 0 Å². The van der Waals surface area contributed by atoms with Crippen LogP contribution in [0.4, 0.5) is 0 Å². The molecule has 0 aromatic heterocycles. The fourth-order valence-corrected chi connectivity index (χ4v) is 4.02. The van der Waals surface area contributed by atoms with Gasteiger partial charge in [-0.3, -0.25) is 0 Å². The zero-order valence-corrected chi connectivity index (χ0v) is 13.5. The van der Waals surface area contributed by atoms with E-state index in [1.807, 2.05) is 31.2 Å². The minimum atomic E-state index is -3.01. The number of rotatable bonds is 5. The van der Waals surface area contributed by atoms with Gasteiger partial charge in [0.2, 0.25) is 0 Å².